The van der Waals surface area contributed by atoms with Gasteiger partial charge in [0.25, 0.3) is 0 Å². The number of aliphatic hydroxyl groups excluding tert-OH is 1. The van der Waals surface area contributed by atoms with E-state index in [-0.39, 0.29) is 12.6 Å². The predicted octanol–water partition coefficient (Wildman–Crippen LogP) is 5.00. The highest BCUT2D eigenvalue weighted by molar-refractivity contribution is 6.31. The first kappa shape index (κ1) is 19.7. The number of likely N-dealkylation sites (N-methyl/N-ethyl adjacent to an activating group) is 1. The molecule has 2 N–H and O–H groups in total. The second-order valence-corrected chi connectivity index (χ2v) is 7.79. The summed E-state index contributed by atoms with van der Waals surface area (Å²) in [7, 11) is 2.00. The Morgan fingerprint density at radius 3 is 2.24 bits per heavy atom. The van der Waals surface area contributed by atoms with Crippen LogP contribution in [0, 0.1) is 0 Å². The number of nitrogens with one attached hydrogen (secondary N) is 1. The molecule has 2 aromatic carbocycles. The summed E-state index contributed by atoms with van der Waals surface area (Å²) < 4.78 is 0. The topological polar surface area (TPSA) is 61.3 Å². The minimum Gasteiger partial charge on any atom is -0.394 e. The van der Waals surface area contributed by atoms with Crippen LogP contribution in [-0.2, 0) is 0 Å². The van der Waals surface area contributed by atoms with E-state index in [0.717, 1.165) is 33.2 Å². The van der Waals surface area contributed by atoms with Crippen molar-refractivity contribution in [1.29, 1.82) is 0 Å². The van der Waals surface area contributed by atoms with Crippen LogP contribution in [0.5, 0.6) is 0 Å². The first-order valence-electron chi connectivity index (χ1n) is 9.22. The number of nitrogens with zero attached hydrogens (tertiary/aromatic N) is 3. The molecule has 0 aliphatic heterocycles. The number of aromatic nitrogens is 2. The van der Waals surface area contributed by atoms with Gasteiger partial charge in [0.05, 0.1) is 23.7 Å². The van der Waals surface area contributed by atoms with E-state index in [4.69, 9.17) is 23.2 Å². The smallest absolute Gasteiger partial charge is 0.0737 e. The van der Waals surface area contributed by atoms with Crippen LogP contribution in [0.15, 0.2) is 60.9 Å². The summed E-state index contributed by atoms with van der Waals surface area (Å²) in [4.78, 5) is 10.9. The van der Waals surface area contributed by atoms with Crippen LogP contribution in [0.2, 0.25) is 10.0 Å². The highest BCUT2D eigenvalue weighted by atomic mass is 35.5. The highest BCUT2D eigenvalue weighted by Gasteiger charge is 2.15. The van der Waals surface area contributed by atoms with E-state index in [1.807, 2.05) is 55.6 Å². The molecule has 1 atom stereocenters. The van der Waals surface area contributed by atoms with Gasteiger partial charge >= 0.3 is 0 Å². The third kappa shape index (κ3) is 4.22. The van der Waals surface area contributed by atoms with E-state index < -0.39 is 0 Å². The van der Waals surface area contributed by atoms with Crippen molar-refractivity contribution in [2.24, 2.45) is 0 Å². The van der Waals surface area contributed by atoms with Gasteiger partial charge in [-0.3, -0.25) is 9.97 Å². The summed E-state index contributed by atoms with van der Waals surface area (Å²) in [6.45, 7) is 0.576. The van der Waals surface area contributed by atoms with Gasteiger partial charge in [0.2, 0.25) is 0 Å². The van der Waals surface area contributed by atoms with Crippen molar-refractivity contribution in [2.75, 3.05) is 30.4 Å². The van der Waals surface area contributed by atoms with Crippen LogP contribution in [0.4, 0.5) is 11.4 Å². The van der Waals surface area contributed by atoms with Crippen LogP contribution < -0.4 is 10.2 Å². The lowest BCUT2D eigenvalue weighted by Gasteiger charge is -2.27. The average Bonchev–Trinajstić information content (AvgIpc) is 2.72. The molecule has 0 bridgehead atoms. The van der Waals surface area contributed by atoms with Crippen molar-refractivity contribution in [3.05, 3.63) is 71.0 Å². The number of rotatable bonds is 6. The molecule has 0 fully saturated rings. The number of pyridine rings is 2. The van der Waals surface area contributed by atoms with Gasteiger partial charge in [-0.05, 0) is 48.5 Å². The Morgan fingerprint density at radius 1 is 0.931 bits per heavy atom. The number of fused-ring (bicyclic) bond motifs is 2. The lowest BCUT2D eigenvalue weighted by molar-refractivity contribution is 0.276. The molecule has 0 aliphatic rings. The Kier molecular flexibility index (Phi) is 5.72. The molecular weight excluding hydrogens is 407 g/mol. The number of hydrogen-bond donors (Lipinski definition) is 2. The minimum absolute atomic E-state index is 0.0173. The number of aliphatic hydroxyl groups is 1. The molecule has 0 amide bonds. The molecule has 2 aromatic heterocycles. The maximum atomic E-state index is 9.99. The Morgan fingerprint density at radius 2 is 1.55 bits per heavy atom. The van der Waals surface area contributed by atoms with E-state index in [2.05, 4.69) is 20.2 Å². The van der Waals surface area contributed by atoms with Gasteiger partial charge < -0.3 is 15.3 Å². The van der Waals surface area contributed by atoms with Crippen LogP contribution in [0.25, 0.3) is 21.8 Å². The van der Waals surface area contributed by atoms with Crippen molar-refractivity contribution >= 4 is 56.4 Å². The van der Waals surface area contributed by atoms with Crippen molar-refractivity contribution in [3.63, 3.8) is 0 Å². The molecule has 29 heavy (non-hydrogen) atoms. The van der Waals surface area contributed by atoms with Gasteiger partial charge in [-0.1, -0.05) is 23.2 Å². The lowest BCUT2D eigenvalue weighted by atomic mass is 10.1. The molecule has 0 radical (unpaired) electrons. The van der Waals surface area contributed by atoms with Crippen molar-refractivity contribution < 1.29 is 5.11 Å². The average molecular weight is 427 g/mol. The maximum Gasteiger partial charge on any atom is 0.0737 e. The molecule has 5 nitrogen and oxygen atoms in total. The monoisotopic (exact) mass is 426 g/mol. The van der Waals surface area contributed by atoms with E-state index in [9.17, 15) is 5.11 Å². The summed E-state index contributed by atoms with van der Waals surface area (Å²) in [5.41, 5.74) is 3.58. The van der Waals surface area contributed by atoms with Crippen LogP contribution >= 0.6 is 23.2 Å². The summed E-state index contributed by atoms with van der Waals surface area (Å²) in [5.74, 6) is 0. The SMILES string of the molecule is CN(CC(CO)Nc1ccnc2cc(Cl)ccc12)c1ccnc2cc(Cl)ccc12. The molecule has 2 heterocycles. The fraction of sp³-hybridized carbons (Fsp3) is 0.182. The fourth-order valence-corrected chi connectivity index (χ4v) is 3.82. The Labute approximate surface area is 178 Å². The number of anilines is 2. The van der Waals surface area contributed by atoms with Crippen molar-refractivity contribution in [1.82, 2.24) is 9.97 Å². The Bertz CT molecular complexity index is 1170. The normalized spacial score (nSPS) is 12.3. The van der Waals surface area contributed by atoms with Crippen LogP contribution in [0.1, 0.15) is 0 Å². The quantitative estimate of drug-likeness (QED) is 0.454. The fourth-order valence-electron chi connectivity index (χ4n) is 3.48. The number of halogens is 2. The zero-order valence-electron chi connectivity index (χ0n) is 15.8. The molecule has 1 unspecified atom stereocenters. The third-order valence-electron chi connectivity index (χ3n) is 4.87. The van der Waals surface area contributed by atoms with Crippen molar-refractivity contribution in [2.45, 2.75) is 6.04 Å². The third-order valence-corrected chi connectivity index (χ3v) is 5.34. The minimum atomic E-state index is -0.184. The number of hydrogen-bond acceptors (Lipinski definition) is 5. The molecule has 0 spiro atoms. The molecular formula is C22H20Cl2N4O. The largest absolute Gasteiger partial charge is 0.394 e. The van der Waals surface area contributed by atoms with E-state index >= 15 is 0 Å². The second-order valence-electron chi connectivity index (χ2n) is 6.92. The summed E-state index contributed by atoms with van der Waals surface area (Å²) in [6.07, 6.45) is 3.51. The predicted molar refractivity (Wildman–Crippen MR) is 121 cm³/mol. The van der Waals surface area contributed by atoms with Gasteiger partial charge in [-0.2, -0.15) is 0 Å². The van der Waals surface area contributed by atoms with E-state index in [1.54, 1.807) is 12.4 Å². The van der Waals surface area contributed by atoms with Crippen molar-refractivity contribution in [3.8, 4) is 0 Å². The molecule has 0 saturated heterocycles. The molecule has 0 aliphatic carbocycles. The Hall–Kier alpha value is -2.60. The second kappa shape index (κ2) is 8.41. The van der Waals surface area contributed by atoms with Gasteiger partial charge in [0.15, 0.2) is 0 Å². The standard InChI is InChI=1S/C22H20Cl2N4O/c1-28(22-7-9-26-21-11-15(24)3-5-18(21)22)12-16(13-29)27-19-6-8-25-20-10-14(23)2-4-17(19)20/h2-11,16,29H,12-13H2,1H3,(H,25,27). The van der Waals surface area contributed by atoms with Gasteiger partial charge in [0, 0.05) is 58.2 Å². The highest BCUT2D eigenvalue weighted by Crippen LogP contribution is 2.28. The van der Waals surface area contributed by atoms with E-state index in [0.29, 0.717) is 16.6 Å². The van der Waals surface area contributed by atoms with Gasteiger partial charge in [-0.25, -0.2) is 0 Å². The zero-order chi connectivity index (χ0) is 20.4. The molecule has 7 heteroatoms. The summed E-state index contributed by atoms with van der Waals surface area (Å²) in [6, 6.07) is 15.0. The molecule has 0 saturated carbocycles. The Balaban J connectivity index is 1.59. The zero-order valence-corrected chi connectivity index (χ0v) is 17.3. The van der Waals surface area contributed by atoms with Gasteiger partial charge in [0.1, 0.15) is 0 Å². The lowest BCUT2D eigenvalue weighted by Crippen LogP contribution is -2.37. The maximum absolute atomic E-state index is 9.99. The first-order chi connectivity index (χ1) is 14.0. The molecule has 4 aromatic rings. The summed E-state index contributed by atoms with van der Waals surface area (Å²) in [5, 5.41) is 16.7. The van der Waals surface area contributed by atoms with Crippen LogP contribution in [0.3, 0.4) is 0 Å². The van der Waals surface area contributed by atoms with Gasteiger partial charge in [-0.15, -0.1) is 0 Å². The molecule has 4 rings (SSSR count). The summed E-state index contributed by atoms with van der Waals surface area (Å²) >= 11 is 12.2. The molecule has 148 valence electrons. The van der Waals surface area contributed by atoms with Crippen LogP contribution in [-0.4, -0.2) is 41.3 Å². The first-order valence-corrected chi connectivity index (χ1v) is 9.98. The van der Waals surface area contributed by atoms with E-state index in [1.165, 1.54) is 0 Å². The number of benzene rings is 2.